The van der Waals surface area contributed by atoms with E-state index in [0.717, 1.165) is 62.0 Å². The van der Waals surface area contributed by atoms with Crippen LogP contribution in [0.1, 0.15) is 24.0 Å². The number of likely N-dealkylation sites (tertiary alicyclic amines) is 1. The van der Waals surface area contributed by atoms with Crippen molar-refractivity contribution >= 4 is 23.0 Å². The highest BCUT2D eigenvalue weighted by molar-refractivity contribution is 5.98. The molecule has 3 aliphatic rings. The summed E-state index contributed by atoms with van der Waals surface area (Å²) in [7, 11) is 1.76. The normalized spacial score (nSPS) is 21.4. The number of carbonyl (C=O) groups is 1. The summed E-state index contributed by atoms with van der Waals surface area (Å²) >= 11 is 0. The number of nitrogens with one attached hydrogen (secondary N) is 2. The predicted octanol–water partition coefficient (Wildman–Crippen LogP) is 3.66. The van der Waals surface area contributed by atoms with Crippen molar-refractivity contribution in [3.8, 4) is 0 Å². The van der Waals surface area contributed by atoms with Crippen molar-refractivity contribution in [1.29, 1.82) is 0 Å². The van der Waals surface area contributed by atoms with Gasteiger partial charge in [-0.25, -0.2) is 4.39 Å². The summed E-state index contributed by atoms with van der Waals surface area (Å²) in [5.41, 5.74) is 4.66. The van der Waals surface area contributed by atoms with Gasteiger partial charge in [-0.15, -0.1) is 0 Å². The van der Waals surface area contributed by atoms with Gasteiger partial charge < -0.3 is 25.2 Å². The number of anilines is 3. The summed E-state index contributed by atoms with van der Waals surface area (Å²) in [6, 6.07) is 10.8. The fourth-order valence-corrected chi connectivity index (χ4v) is 5.47. The lowest BCUT2D eigenvalue weighted by atomic mass is 9.71. The molecule has 0 bridgehead atoms. The van der Waals surface area contributed by atoms with Crippen LogP contribution in [0, 0.1) is 18.2 Å². The second-order valence-corrected chi connectivity index (χ2v) is 9.85. The number of nitrogens with zero attached hydrogens (tertiary/aromatic N) is 2. The molecule has 33 heavy (non-hydrogen) atoms. The van der Waals surface area contributed by atoms with E-state index in [4.69, 9.17) is 4.74 Å². The molecule has 2 fully saturated rings. The van der Waals surface area contributed by atoms with Gasteiger partial charge in [0.15, 0.2) is 0 Å². The molecular formula is C26H33FN4O2. The Hall–Kier alpha value is -2.64. The summed E-state index contributed by atoms with van der Waals surface area (Å²) in [5.74, 6) is -0.387. The highest BCUT2D eigenvalue weighted by Gasteiger charge is 2.44. The molecule has 176 valence electrons. The van der Waals surface area contributed by atoms with Crippen molar-refractivity contribution in [1.82, 2.24) is 4.90 Å². The number of ether oxygens (including phenoxy) is 1. The summed E-state index contributed by atoms with van der Waals surface area (Å²) < 4.78 is 19.4. The Morgan fingerprint density at radius 2 is 2.03 bits per heavy atom. The molecular weight excluding hydrogens is 419 g/mol. The van der Waals surface area contributed by atoms with Gasteiger partial charge in [0.2, 0.25) is 5.91 Å². The number of benzene rings is 2. The van der Waals surface area contributed by atoms with Gasteiger partial charge >= 0.3 is 0 Å². The maximum atomic E-state index is 14.2. The van der Waals surface area contributed by atoms with Crippen LogP contribution in [0.3, 0.4) is 0 Å². The minimum absolute atomic E-state index is 0.134. The average Bonchev–Trinajstić information content (AvgIpc) is 3.26. The Balaban J connectivity index is 1.16. The van der Waals surface area contributed by atoms with Gasteiger partial charge in [0.25, 0.3) is 0 Å². The first-order valence-electron chi connectivity index (χ1n) is 11.9. The number of amides is 1. The van der Waals surface area contributed by atoms with Crippen molar-refractivity contribution in [2.24, 2.45) is 5.41 Å². The second-order valence-electron chi connectivity index (χ2n) is 9.85. The number of aryl methyl sites for hydroxylation is 1. The largest absolute Gasteiger partial charge is 0.383 e. The van der Waals surface area contributed by atoms with Gasteiger partial charge in [-0.05, 0) is 62.7 Å². The quantitative estimate of drug-likeness (QED) is 0.701. The molecule has 0 aromatic heterocycles. The fraction of sp³-hybridized carbons (Fsp3) is 0.500. The number of hydrogen-bond acceptors (Lipinski definition) is 5. The van der Waals surface area contributed by atoms with Gasteiger partial charge in [0.05, 0.1) is 6.61 Å². The number of carbonyl (C=O) groups excluding carboxylic acids is 1. The van der Waals surface area contributed by atoms with Crippen LogP contribution < -0.4 is 15.5 Å². The highest BCUT2D eigenvalue weighted by Crippen LogP contribution is 2.43. The number of methoxy groups -OCH3 is 1. The molecule has 3 aliphatic heterocycles. The van der Waals surface area contributed by atoms with E-state index in [2.05, 4.69) is 26.5 Å². The number of piperidine rings is 1. The topological polar surface area (TPSA) is 56.8 Å². The molecule has 3 heterocycles. The third kappa shape index (κ3) is 4.44. The standard InChI is InChI=1S/C26H33FN4O2/c1-18-6-7-22(27)21-15-23(29-24(18)21)25(32)28-19-4-3-5-20(14-19)31-16-26(17-31)8-10-30(11-9-26)12-13-33-2/h3-7,14,23,29H,8-13,15-17H2,1-2H3,(H,28,32). The van der Waals surface area contributed by atoms with E-state index in [9.17, 15) is 9.18 Å². The van der Waals surface area contributed by atoms with Gasteiger partial charge in [-0.1, -0.05) is 12.1 Å². The Labute approximate surface area is 195 Å². The van der Waals surface area contributed by atoms with Gasteiger partial charge in [-0.3, -0.25) is 4.79 Å². The van der Waals surface area contributed by atoms with Crippen molar-refractivity contribution in [3.05, 3.63) is 53.3 Å². The van der Waals surface area contributed by atoms with Crippen LogP contribution in [0.4, 0.5) is 21.5 Å². The molecule has 1 spiro atoms. The van der Waals surface area contributed by atoms with Crippen LogP contribution in [-0.4, -0.2) is 63.3 Å². The van der Waals surface area contributed by atoms with Crippen LogP contribution in [0.2, 0.25) is 0 Å². The van der Waals surface area contributed by atoms with E-state index in [-0.39, 0.29) is 11.7 Å². The molecule has 0 saturated carbocycles. The SMILES string of the molecule is COCCN1CCC2(CC1)CN(c1cccc(NC(=O)C3Cc4c(F)ccc(C)c4N3)c1)C2. The van der Waals surface area contributed by atoms with E-state index < -0.39 is 6.04 Å². The zero-order valence-electron chi connectivity index (χ0n) is 19.5. The van der Waals surface area contributed by atoms with Crippen molar-refractivity contribution in [3.63, 3.8) is 0 Å². The molecule has 0 aliphatic carbocycles. The summed E-state index contributed by atoms with van der Waals surface area (Å²) in [5, 5.41) is 6.23. The fourth-order valence-electron chi connectivity index (χ4n) is 5.47. The second kappa shape index (κ2) is 8.95. The average molecular weight is 453 g/mol. The van der Waals surface area contributed by atoms with Crippen molar-refractivity contribution in [2.45, 2.75) is 32.2 Å². The molecule has 1 amide bonds. The molecule has 2 aromatic carbocycles. The van der Waals surface area contributed by atoms with Crippen LogP contribution in [0.25, 0.3) is 0 Å². The molecule has 2 N–H and O–H groups in total. The van der Waals surface area contributed by atoms with Crippen LogP contribution in [0.5, 0.6) is 0 Å². The van der Waals surface area contributed by atoms with Crippen LogP contribution in [0.15, 0.2) is 36.4 Å². The lowest BCUT2D eigenvalue weighted by Gasteiger charge is -2.55. The number of hydrogen-bond donors (Lipinski definition) is 2. The first kappa shape index (κ1) is 22.2. The van der Waals surface area contributed by atoms with Crippen molar-refractivity contribution in [2.75, 3.05) is 62.0 Å². The molecule has 2 aromatic rings. The van der Waals surface area contributed by atoms with E-state index in [1.165, 1.54) is 18.9 Å². The molecule has 2 saturated heterocycles. The third-order valence-electron chi connectivity index (χ3n) is 7.57. The number of halogens is 1. The molecule has 7 heteroatoms. The molecule has 5 rings (SSSR count). The first-order valence-corrected chi connectivity index (χ1v) is 11.9. The smallest absolute Gasteiger partial charge is 0.247 e. The molecule has 6 nitrogen and oxygen atoms in total. The third-order valence-corrected chi connectivity index (χ3v) is 7.57. The summed E-state index contributed by atoms with van der Waals surface area (Å²) in [6.45, 7) is 8.17. The Kier molecular flexibility index (Phi) is 6.01. The van der Waals surface area contributed by atoms with E-state index >= 15 is 0 Å². The maximum Gasteiger partial charge on any atom is 0.247 e. The van der Waals surface area contributed by atoms with Gasteiger partial charge in [-0.2, -0.15) is 0 Å². The zero-order chi connectivity index (χ0) is 23.0. The number of rotatable bonds is 6. The molecule has 0 radical (unpaired) electrons. The van der Waals surface area contributed by atoms with Crippen molar-refractivity contribution < 1.29 is 13.9 Å². The first-order chi connectivity index (χ1) is 16.0. The maximum absolute atomic E-state index is 14.2. The lowest BCUT2D eigenvalue weighted by Crippen LogP contribution is -2.60. The lowest BCUT2D eigenvalue weighted by molar-refractivity contribution is -0.116. The summed E-state index contributed by atoms with van der Waals surface area (Å²) in [4.78, 5) is 17.8. The number of fused-ring (bicyclic) bond motifs is 1. The molecule has 1 atom stereocenters. The Bertz CT molecular complexity index is 996. The minimum Gasteiger partial charge on any atom is -0.383 e. The van der Waals surface area contributed by atoms with Gasteiger partial charge in [0, 0.05) is 61.2 Å². The van der Waals surface area contributed by atoms with E-state index in [1.807, 2.05) is 25.1 Å². The van der Waals surface area contributed by atoms with E-state index in [0.29, 0.717) is 17.4 Å². The van der Waals surface area contributed by atoms with Crippen LogP contribution in [-0.2, 0) is 16.0 Å². The predicted molar refractivity (Wildman–Crippen MR) is 130 cm³/mol. The van der Waals surface area contributed by atoms with Crippen LogP contribution >= 0.6 is 0 Å². The summed E-state index contributed by atoms with van der Waals surface area (Å²) in [6.07, 6.45) is 2.82. The minimum atomic E-state index is -0.463. The van der Waals surface area contributed by atoms with Gasteiger partial charge in [0.1, 0.15) is 11.9 Å². The monoisotopic (exact) mass is 452 g/mol. The van der Waals surface area contributed by atoms with E-state index in [1.54, 1.807) is 13.2 Å². The zero-order valence-corrected chi connectivity index (χ0v) is 19.5. The highest BCUT2D eigenvalue weighted by atomic mass is 19.1. The molecule has 1 unspecified atom stereocenters. The Morgan fingerprint density at radius 1 is 1.24 bits per heavy atom. The Morgan fingerprint density at radius 3 is 2.76 bits per heavy atom.